The molecule has 0 aliphatic heterocycles. The molecule has 178 valence electrons. The molecule has 4 atom stereocenters. The maximum atomic E-state index is 14.5. The molecule has 2 heterocycles. The Hall–Kier alpha value is -2.83. The van der Waals surface area contributed by atoms with Crippen LogP contribution in [0.5, 0.6) is 0 Å². The molecule has 0 saturated heterocycles. The number of carbonyl (C=O) groups is 1. The summed E-state index contributed by atoms with van der Waals surface area (Å²) in [7, 11) is 2.34. The molecule has 0 radical (unpaired) electrons. The normalized spacial score (nSPS) is 22.4. The topological polar surface area (TPSA) is 75.1 Å². The predicted octanol–water partition coefficient (Wildman–Crippen LogP) is 4.78. The van der Waals surface area contributed by atoms with Gasteiger partial charge in [0.15, 0.2) is 0 Å². The number of hydrogen-bond acceptors (Lipinski definition) is 4. The molecule has 2 aromatic heterocycles. The Morgan fingerprint density at radius 3 is 2.74 bits per heavy atom. The second kappa shape index (κ2) is 9.80. The molecule has 1 fully saturated rings. The van der Waals surface area contributed by atoms with Gasteiger partial charge in [0.05, 0.1) is 17.5 Å². The van der Waals surface area contributed by atoms with Gasteiger partial charge < -0.3 is 10.4 Å². The molecule has 1 amide bonds. The first-order chi connectivity index (χ1) is 16.2. The van der Waals surface area contributed by atoms with Crippen LogP contribution >= 0.6 is 9.24 Å². The van der Waals surface area contributed by atoms with Crippen LogP contribution in [0.25, 0.3) is 11.3 Å². The van der Waals surface area contributed by atoms with Crippen LogP contribution in [0.3, 0.4) is 0 Å². The monoisotopic (exact) mass is 487 g/mol. The van der Waals surface area contributed by atoms with E-state index in [0.29, 0.717) is 30.3 Å². The quantitative estimate of drug-likeness (QED) is 0.508. The highest BCUT2D eigenvalue weighted by molar-refractivity contribution is 7.28. The van der Waals surface area contributed by atoms with Gasteiger partial charge in [-0.3, -0.25) is 9.78 Å². The van der Waals surface area contributed by atoms with E-state index in [4.69, 9.17) is 0 Å². The fraction of sp³-hybridized carbons (Fsp3) is 0.320. The van der Waals surface area contributed by atoms with Crippen LogP contribution in [0.2, 0.25) is 0 Å². The number of rotatable bonds is 5. The van der Waals surface area contributed by atoms with Crippen molar-refractivity contribution in [3.8, 4) is 11.3 Å². The van der Waals surface area contributed by atoms with E-state index in [1.54, 1.807) is 18.3 Å². The zero-order valence-corrected chi connectivity index (χ0v) is 19.7. The minimum Gasteiger partial charge on any atom is -0.387 e. The van der Waals surface area contributed by atoms with Gasteiger partial charge in [0.1, 0.15) is 29.7 Å². The smallest absolute Gasteiger partial charge is 0.274 e. The summed E-state index contributed by atoms with van der Waals surface area (Å²) in [5.74, 6) is -2.25. The maximum absolute atomic E-state index is 14.5. The summed E-state index contributed by atoms with van der Waals surface area (Å²) in [5.41, 5.74) is -0.417. The number of pyridine rings is 2. The highest BCUT2D eigenvalue weighted by Gasteiger charge is 2.40. The van der Waals surface area contributed by atoms with Gasteiger partial charge in [0.25, 0.3) is 5.91 Å². The Balaban J connectivity index is 1.61. The second-order valence-corrected chi connectivity index (χ2v) is 9.38. The molecule has 1 saturated carbocycles. The van der Waals surface area contributed by atoms with Crippen molar-refractivity contribution in [1.29, 1.82) is 0 Å². The molecule has 1 aliphatic rings. The second-order valence-electron chi connectivity index (χ2n) is 8.76. The largest absolute Gasteiger partial charge is 0.387 e. The number of benzene rings is 1. The van der Waals surface area contributed by atoms with Crippen LogP contribution in [0, 0.1) is 17.6 Å². The van der Waals surface area contributed by atoms with Gasteiger partial charge >= 0.3 is 0 Å². The van der Waals surface area contributed by atoms with Crippen molar-refractivity contribution < 1.29 is 23.1 Å². The van der Waals surface area contributed by atoms with Gasteiger partial charge in [-0.2, -0.15) is 0 Å². The number of anilines is 1. The third kappa shape index (κ3) is 4.70. The van der Waals surface area contributed by atoms with Gasteiger partial charge in [0, 0.05) is 11.8 Å². The lowest BCUT2D eigenvalue weighted by atomic mass is 9.70. The van der Waals surface area contributed by atoms with Crippen molar-refractivity contribution >= 4 is 26.1 Å². The number of nitrogens with one attached hydrogen (secondary N) is 1. The third-order valence-corrected chi connectivity index (χ3v) is 7.10. The number of amides is 1. The first-order valence-corrected chi connectivity index (χ1v) is 11.6. The minimum absolute atomic E-state index is 0.00467. The van der Waals surface area contributed by atoms with Crippen LogP contribution < -0.4 is 10.6 Å². The molecule has 0 spiro atoms. The number of halogens is 3. The molecule has 9 heteroatoms. The van der Waals surface area contributed by atoms with E-state index in [2.05, 4.69) is 24.5 Å². The molecule has 1 aromatic carbocycles. The summed E-state index contributed by atoms with van der Waals surface area (Å²) in [4.78, 5) is 21.2. The number of carbonyl (C=O) groups excluding carboxylic acids is 1. The molecule has 1 aliphatic carbocycles. The first kappa shape index (κ1) is 24.3. The number of aliphatic hydroxyl groups is 1. The molecule has 0 bridgehead atoms. The zero-order valence-electron chi connectivity index (χ0n) is 18.6. The summed E-state index contributed by atoms with van der Waals surface area (Å²) in [6.45, 7) is 1.03. The lowest BCUT2D eigenvalue weighted by molar-refractivity contribution is -0.0629. The zero-order chi connectivity index (χ0) is 24.5. The molecular formula is C25H25F3N3O2P. The Morgan fingerprint density at radius 1 is 1.24 bits per heavy atom. The van der Waals surface area contributed by atoms with Crippen LogP contribution in [0.15, 0.2) is 48.8 Å². The summed E-state index contributed by atoms with van der Waals surface area (Å²) in [6, 6.07) is 8.41. The van der Waals surface area contributed by atoms with Crippen molar-refractivity contribution in [2.75, 3.05) is 12.0 Å². The van der Waals surface area contributed by atoms with E-state index in [1.165, 1.54) is 24.4 Å². The highest BCUT2D eigenvalue weighted by Crippen LogP contribution is 2.43. The average Bonchev–Trinajstić information content (AvgIpc) is 2.82. The number of nitrogens with zero attached hydrogens (tertiary/aromatic N) is 2. The van der Waals surface area contributed by atoms with Crippen molar-refractivity contribution in [2.24, 2.45) is 5.92 Å². The standard InChI is InChI=1S/C25H25F3N3O2P/c1-14-11-15(7-9-25(14,33)13-26)16-8-10-29-12-20(16)31-24(32)19-6-5-18(28)23(30-19)22-17(27)3-2-4-21(22)34/h2-6,8,10,12,14-15,33H,7,9,11,13,34H2,1H3,(H,31,32). The molecule has 5 nitrogen and oxygen atoms in total. The Bertz CT molecular complexity index is 1210. The molecule has 4 rings (SSSR count). The summed E-state index contributed by atoms with van der Waals surface area (Å²) < 4.78 is 42.3. The number of alkyl halides is 1. The lowest BCUT2D eigenvalue weighted by Gasteiger charge is -2.40. The lowest BCUT2D eigenvalue weighted by Crippen LogP contribution is -2.43. The van der Waals surface area contributed by atoms with Gasteiger partial charge in [-0.25, -0.2) is 18.2 Å². The van der Waals surface area contributed by atoms with E-state index >= 15 is 0 Å². The van der Waals surface area contributed by atoms with Gasteiger partial charge in [0.2, 0.25) is 0 Å². The van der Waals surface area contributed by atoms with Crippen molar-refractivity contribution in [2.45, 2.75) is 37.7 Å². The molecule has 34 heavy (non-hydrogen) atoms. The average molecular weight is 487 g/mol. The molecular weight excluding hydrogens is 462 g/mol. The highest BCUT2D eigenvalue weighted by atomic mass is 31.0. The van der Waals surface area contributed by atoms with E-state index in [9.17, 15) is 23.1 Å². The van der Waals surface area contributed by atoms with E-state index < -0.39 is 29.8 Å². The molecule has 4 unspecified atom stereocenters. The number of aromatic nitrogens is 2. The predicted molar refractivity (Wildman–Crippen MR) is 128 cm³/mol. The van der Waals surface area contributed by atoms with Gasteiger partial charge in [-0.05, 0) is 66.2 Å². The van der Waals surface area contributed by atoms with E-state index in [1.807, 2.05) is 6.92 Å². The molecule has 3 aromatic rings. The Kier molecular flexibility index (Phi) is 7.01. The van der Waals surface area contributed by atoms with Crippen LogP contribution in [0.4, 0.5) is 18.9 Å². The van der Waals surface area contributed by atoms with Gasteiger partial charge in [-0.1, -0.05) is 19.1 Å². The summed E-state index contributed by atoms with van der Waals surface area (Å²) in [5, 5.41) is 13.6. The SMILES string of the molecule is CC1CC(c2ccncc2NC(=O)c2ccc(F)c(-c3c(F)cccc3P)n2)CCC1(O)CF. The van der Waals surface area contributed by atoms with Crippen LogP contribution in [-0.2, 0) is 0 Å². The fourth-order valence-corrected chi connectivity index (χ4v) is 4.89. The summed E-state index contributed by atoms with van der Waals surface area (Å²) in [6.07, 6.45) is 4.54. The van der Waals surface area contributed by atoms with Crippen molar-refractivity contribution in [1.82, 2.24) is 9.97 Å². The van der Waals surface area contributed by atoms with Crippen LogP contribution in [-0.4, -0.2) is 33.3 Å². The summed E-state index contributed by atoms with van der Waals surface area (Å²) >= 11 is 0. The van der Waals surface area contributed by atoms with E-state index in [0.717, 1.165) is 11.6 Å². The Morgan fingerprint density at radius 2 is 2.03 bits per heavy atom. The number of hydrogen-bond donors (Lipinski definition) is 2. The van der Waals surface area contributed by atoms with Crippen LogP contribution in [0.1, 0.15) is 48.2 Å². The van der Waals surface area contributed by atoms with Crippen molar-refractivity contribution in [3.05, 3.63) is 71.7 Å². The minimum atomic E-state index is -1.33. The molecule has 2 N–H and O–H groups in total. The van der Waals surface area contributed by atoms with Gasteiger partial charge in [-0.15, -0.1) is 9.24 Å². The Labute approximate surface area is 198 Å². The van der Waals surface area contributed by atoms with Crippen molar-refractivity contribution in [3.63, 3.8) is 0 Å². The van der Waals surface area contributed by atoms with E-state index in [-0.39, 0.29) is 28.8 Å². The fourth-order valence-electron chi connectivity index (χ4n) is 4.50. The maximum Gasteiger partial charge on any atom is 0.274 e. The third-order valence-electron chi connectivity index (χ3n) is 6.62. The first-order valence-electron chi connectivity index (χ1n) is 11.0.